The van der Waals surface area contributed by atoms with Crippen LogP contribution in [0.3, 0.4) is 0 Å². The first-order valence-electron chi connectivity index (χ1n) is 20.5. The summed E-state index contributed by atoms with van der Waals surface area (Å²) in [6, 6.07) is -0.924. The second kappa shape index (κ2) is 8.72. The molecule has 7 aromatic carbocycles. The lowest BCUT2D eigenvalue weighted by molar-refractivity contribution is 0.669. The molecule has 0 aliphatic carbocycles. The van der Waals surface area contributed by atoms with Gasteiger partial charge in [0.1, 0.15) is 11.2 Å². The van der Waals surface area contributed by atoms with Gasteiger partial charge in [0.15, 0.2) is 0 Å². The quantitative estimate of drug-likeness (QED) is 0.214. The molecule has 8 aromatic rings. The van der Waals surface area contributed by atoms with Crippen molar-refractivity contribution in [1.82, 2.24) is 0 Å². The van der Waals surface area contributed by atoms with Crippen molar-refractivity contribution in [2.45, 2.75) is 0 Å². The lowest BCUT2D eigenvalue weighted by atomic mass is 9.84. The van der Waals surface area contributed by atoms with Gasteiger partial charge >= 0.3 is 0 Å². The molecule has 0 spiro atoms. The van der Waals surface area contributed by atoms with Crippen LogP contribution in [0.15, 0.2) is 150 Å². The standard InChI is InChI=1S/C38H24O/c1-3-12-25(13-4-1)27-22-23-30-33(24-27)37(29-17-8-7-16-28(29)36(30)26-14-5-2-6-15-26)32-19-11-21-35-38(32)31-18-9-10-20-34(31)39-35/h1-24H/i1D,2D,3D,4D,5D,6D,7D,8D,12D,13D,14D,15D,16D,17D,22D,23D,24D. The molecular weight excluding hydrogens is 472 g/mol. The number of rotatable bonds is 3. The van der Waals surface area contributed by atoms with E-state index in [9.17, 15) is 6.85 Å². The molecule has 1 aromatic heterocycles. The normalized spacial score (nSPS) is 17.7. The van der Waals surface area contributed by atoms with E-state index in [0.29, 0.717) is 21.9 Å². The molecule has 0 atom stereocenters. The Kier molecular flexibility index (Phi) is 2.44. The second-order valence-corrected chi connectivity index (χ2v) is 8.78. The maximum absolute atomic E-state index is 9.85. The highest BCUT2D eigenvalue weighted by Crippen LogP contribution is 2.47. The van der Waals surface area contributed by atoms with Gasteiger partial charge in [0, 0.05) is 10.8 Å². The van der Waals surface area contributed by atoms with Crippen molar-refractivity contribution in [3.8, 4) is 33.4 Å². The fourth-order valence-corrected chi connectivity index (χ4v) is 5.10. The summed E-state index contributed by atoms with van der Waals surface area (Å²) >= 11 is 0. The number of hydrogen-bond donors (Lipinski definition) is 0. The van der Waals surface area contributed by atoms with Crippen LogP contribution in [0.2, 0.25) is 0 Å². The van der Waals surface area contributed by atoms with Crippen LogP contribution in [0.5, 0.6) is 0 Å². The summed E-state index contributed by atoms with van der Waals surface area (Å²) in [5.41, 5.74) is -1.19. The van der Waals surface area contributed by atoms with Gasteiger partial charge in [-0.15, -0.1) is 0 Å². The van der Waals surface area contributed by atoms with Crippen LogP contribution < -0.4 is 0 Å². The zero-order valence-corrected chi connectivity index (χ0v) is 19.9. The SMILES string of the molecule is [2H]c1c([2H])c([2H])c(-c2c([2H])c([2H])c3c(-c4c([2H])c([2H])c([2H])c([2H])c4[2H])c4c([2H])c([2H])c([2H])c([2H])c4c(-c4cccc5oc6ccccc6c45)c3c2[2H])c([2H])c1[2H]. The summed E-state index contributed by atoms with van der Waals surface area (Å²) < 4.78 is 157. The van der Waals surface area contributed by atoms with E-state index in [1.807, 2.05) is 0 Å². The summed E-state index contributed by atoms with van der Waals surface area (Å²) in [6.45, 7) is 0. The molecule has 0 saturated carbocycles. The molecule has 0 unspecified atom stereocenters. The average molecular weight is 514 g/mol. The second-order valence-electron chi connectivity index (χ2n) is 8.78. The Morgan fingerprint density at radius 2 is 1.08 bits per heavy atom. The van der Waals surface area contributed by atoms with Crippen LogP contribution in [0, 0.1) is 0 Å². The van der Waals surface area contributed by atoms with Gasteiger partial charge in [0.05, 0.1) is 23.3 Å². The smallest absolute Gasteiger partial charge is 0.136 e. The van der Waals surface area contributed by atoms with E-state index in [0.717, 1.165) is 0 Å². The Labute approximate surface area is 250 Å². The molecule has 0 N–H and O–H groups in total. The van der Waals surface area contributed by atoms with Gasteiger partial charge in [-0.2, -0.15) is 0 Å². The van der Waals surface area contributed by atoms with Gasteiger partial charge in [0.25, 0.3) is 0 Å². The predicted octanol–water partition coefficient (Wildman–Crippen LogP) is 10.9. The van der Waals surface area contributed by atoms with Gasteiger partial charge in [0.2, 0.25) is 0 Å². The summed E-state index contributed by atoms with van der Waals surface area (Å²) in [7, 11) is 0. The summed E-state index contributed by atoms with van der Waals surface area (Å²) in [4.78, 5) is 0. The van der Waals surface area contributed by atoms with Crippen molar-refractivity contribution in [1.29, 1.82) is 0 Å². The van der Waals surface area contributed by atoms with Gasteiger partial charge in [-0.25, -0.2) is 0 Å². The van der Waals surface area contributed by atoms with Crippen molar-refractivity contribution in [3.05, 3.63) is 145 Å². The van der Waals surface area contributed by atoms with E-state index in [4.69, 9.17) is 20.9 Å². The number of furan rings is 1. The molecule has 0 amide bonds. The third-order valence-electron chi connectivity index (χ3n) is 6.67. The van der Waals surface area contributed by atoms with E-state index in [1.165, 1.54) is 0 Å². The highest BCUT2D eigenvalue weighted by Gasteiger charge is 2.20. The van der Waals surface area contributed by atoms with Crippen LogP contribution in [-0.4, -0.2) is 0 Å². The molecular formula is C38H24O. The van der Waals surface area contributed by atoms with Crippen molar-refractivity contribution < 1.29 is 27.7 Å². The lowest BCUT2D eigenvalue weighted by Crippen LogP contribution is -1.92. The van der Waals surface area contributed by atoms with Crippen molar-refractivity contribution >= 4 is 43.5 Å². The Morgan fingerprint density at radius 3 is 1.87 bits per heavy atom. The first kappa shape index (κ1) is 10.9. The molecule has 0 saturated heterocycles. The Balaban J connectivity index is 1.79. The molecule has 0 aliphatic rings. The zero-order chi connectivity index (χ0) is 40.6. The molecule has 8 rings (SSSR count). The van der Waals surface area contributed by atoms with Gasteiger partial charge in [-0.1, -0.05) is 127 Å². The minimum Gasteiger partial charge on any atom is -0.456 e. The molecule has 0 fully saturated rings. The van der Waals surface area contributed by atoms with Gasteiger partial charge in [-0.05, 0) is 73.1 Å². The third-order valence-corrected chi connectivity index (χ3v) is 6.67. The maximum Gasteiger partial charge on any atom is 0.136 e. The highest BCUT2D eigenvalue weighted by molar-refractivity contribution is 6.26. The largest absolute Gasteiger partial charge is 0.456 e. The minimum atomic E-state index is -0.812. The first-order valence-corrected chi connectivity index (χ1v) is 12.0. The molecule has 1 nitrogen and oxygen atoms in total. The van der Waals surface area contributed by atoms with Crippen molar-refractivity contribution in [2.24, 2.45) is 0 Å². The minimum absolute atomic E-state index is 0.0811. The first-order chi connectivity index (χ1) is 26.4. The molecule has 39 heavy (non-hydrogen) atoms. The van der Waals surface area contributed by atoms with E-state index >= 15 is 0 Å². The fraction of sp³-hybridized carbons (Fsp3) is 0. The van der Waals surface area contributed by atoms with E-state index in [1.54, 1.807) is 42.5 Å². The molecule has 182 valence electrons. The van der Waals surface area contributed by atoms with Crippen molar-refractivity contribution in [3.63, 3.8) is 0 Å². The van der Waals surface area contributed by atoms with Gasteiger partial charge in [-0.3, -0.25) is 0 Å². The zero-order valence-electron chi connectivity index (χ0n) is 36.9. The van der Waals surface area contributed by atoms with E-state index in [2.05, 4.69) is 0 Å². The van der Waals surface area contributed by atoms with Crippen molar-refractivity contribution in [2.75, 3.05) is 0 Å². The molecule has 1 heteroatoms. The van der Waals surface area contributed by atoms with Crippen LogP contribution in [-0.2, 0) is 0 Å². The van der Waals surface area contributed by atoms with Crippen LogP contribution in [0.4, 0.5) is 0 Å². The van der Waals surface area contributed by atoms with E-state index in [-0.39, 0.29) is 27.3 Å². The molecule has 0 radical (unpaired) electrons. The Morgan fingerprint density at radius 1 is 0.436 bits per heavy atom. The van der Waals surface area contributed by atoms with Gasteiger partial charge < -0.3 is 4.42 Å². The molecule has 1 heterocycles. The number of fused-ring (bicyclic) bond motifs is 5. The summed E-state index contributed by atoms with van der Waals surface area (Å²) in [5.74, 6) is 0. The molecule has 0 aliphatic heterocycles. The summed E-state index contributed by atoms with van der Waals surface area (Å²) in [6.07, 6.45) is 0. The number of benzene rings is 7. The van der Waals surface area contributed by atoms with E-state index < -0.39 is 130 Å². The topological polar surface area (TPSA) is 13.1 Å². The number of para-hydroxylation sites is 1. The third kappa shape index (κ3) is 3.41. The average Bonchev–Trinajstić information content (AvgIpc) is 3.58. The highest BCUT2D eigenvalue weighted by atomic mass is 16.3. The fourth-order valence-electron chi connectivity index (χ4n) is 5.10. The summed E-state index contributed by atoms with van der Waals surface area (Å²) in [5, 5.41) is -0.322. The van der Waals surface area contributed by atoms with Crippen LogP contribution in [0.1, 0.15) is 23.3 Å². The maximum atomic E-state index is 9.85. The van der Waals surface area contributed by atoms with Crippen LogP contribution >= 0.6 is 0 Å². The lowest BCUT2D eigenvalue weighted by Gasteiger charge is -2.19. The predicted molar refractivity (Wildman–Crippen MR) is 165 cm³/mol. The Bertz CT molecular complexity index is 3050. The van der Waals surface area contributed by atoms with Crippen LogP contribution in [0.25, 0.3) is 76.9 Å². The number of hydrogen-bond acceptors (Lipinski definition) is 1. The Hall–Kier alpha value is -5.14. The molecule has 0 bridgehead atoms. The monoisotopic (exact) mass is 513 g/mol.